The predicted molar refractivity (Wildman–Crippen MR) is 118 cm³/mol. The number of ether oxygens (including phenoxy) is 1. The van der Waals surface area contributed by atoms with Crippen molar-refractivity contribution >= 4 is 11.8 Å². The number of hydrogen-bond acceptors (Lipinski definition) is 3. The summed E-state index contributed by atoms with van der Waals surface area (Å²) in [7, 11) is 0. The van der Waals surface area contributed by atoms with Crippen molar-refractivity contribution < 1.29 is 14.3 Å². The smallest absolute Gasteiger partial charge is 0.261 e. The second-order valence-electron chi connectivity index (χ2n) is 8.03. The van der Waals surface area contributed by atoms with E-state index < -0.39 is 6.04 Å². The van der Waals surface area contributed by atoms with E-state index in [-0.39, 0.29) is 24.5 Å². The first-order chi connectivity index (χ1) is 14.6. The zero-order valence-corrected chi connectivity index (χ0v) is 18.0. The molecule has 1 fully saturated rings. The van der Waals surface area contributed by atoms with Gasteiger partial charge in [-0.1, -0.05) is 67.8 Å². The Kier molecular flexibility index (Phi) is 7.89. The van der Waals surface area contributed by atoms with Gasteiger partial charge in [-0.2, -0.15) is 0 Å². The molecular formula is C25H32N2O3. The Morgan fingerprint density at radius 3 is 2.50 bits per heavy atom. The lowest BCUT2D eigenvalue weighted by Gasteiger charge is -2.31. The largest absolute Gasteiger partial charge is 0.484 e. The summed E-state index contributed by atoms with van der Waals surface area (Å²) in [4.78, 5) is 27.9. The Labute approximate surface area is 179 Å². The monoisotopic (exact) mass is 408 g/mol. The predicted octanol–water partition coefficient (Wildman–Crippen LogP) is 4.24. The molecule has 2 amide bonds. The quantitative estimate of drug-likeness (QED) is 0.675. The number of rotatable bonds is 9. The van der Waals surface area contributed by atoms with Crippen molar-refractivity contribution in [1.82, 2.24) is 10.2 Å². The minimum atomic E-state index is -0.516. The molecule has 2 aromatic carbocycles. The number of nitrogens with zero attached hydrogens (tertiary/aromatic N) is 1. The highest BCUT2D eigenvalue weighted by atomic mass is 16.5. The lowest BCUT2D eigenvalue weighted by molar-refractivity contribution is -0.143. The fraction of sp³-hybridized carbons (Fsp3) is 0.440. The van der Waals surface area contributed by atoms with E-state index in [4.69, 9.17) is 4.74 Å². The highest BCUT2D eigenvalue weighted by Gasteiger charge is 2.30. The number of para-hydroxylation sites is 1. The molecule has 1 aliphatic rings. The maximum atomic E-state index is 13.2. The third-order valence-electron chi connectivity index (χ3n) is 5.63. The zero-order valence-electron chi connectivity index (χ0n) is 18.0. The number of nitrogens with one attached hydrogen (secondary N) is 1. The minimum absolute atomic E-state index is 0.0647. The molecule has 160 valence electrons. The highest BCUT2D eigenvalue weighted by molar-refractivity contribution is 5.88. The molecule has 1 atom stereocenters. The molecule has 2 aromatic rings. The number of carbonyl (C=O) groups is 2. The molecule has 0 spiro atoms. The Morgan fingerprint density at radius 1 is 1.10 bits per heavy atom. The van der Waals surface area contributed by atoms with Crippen LogP contribution in [0.15, 0.2) is 54.6 Å². The molecule has 0 aromatic heterocycles. The molecule has 1 saturated carbocycles. The third kappa shape index (κ3) is 6.09. The van der Waals surface area contributed by atoms with Gasteiger partial charge in [0.1, 0.15) is 11.8 Å². The Balaban J connectivity index is 1.75. The van der Waals surface area contributed by atoms with Crippen LogP contribution in [-0.4, -0.2) is 35.4 Å². The van der Waals surface area contributed by atoms with Crippen LogP contribution in [0.1, 0.15) is 50.2 Å². The van der Waals surface area contributed by atoms with Crippen LogP contribution in [0.5, 0.6) is 5.75 Å². The molecule has 0 radical (unpaired) electrons. The van der Waals surface area contributed by atoms with Gasteiger partial charge in [0.25, 0.3) is 5.91 Å². The molecule has 0 unspecified atom stereocenters. The lowest BCUT2D eigenvalue weighted by atomic mass is 10.1. The summed E-state index contributed by atoms with van der Waals surface area (Å²) in [6, 6.07) is 17.0. The van der Waals surface area contributed by atoms with Crippen molar-refractivity contribution in [3.8, 4) is 5.75 Å². The summed E-state index contributed by atoms with van der Waals surface area (Å²) in [6.07, 6.45) is 4.90. The van der Waals surface area contributed by atoms with E-state index in [1.165, 1.54) is 0 Å². The summed E-state index contributed by atoms with van der Waals surface area (Å²) in [6.45, 7) is 4.27. The van der Waals surface area contributed by atoms with Crippen molar-refractivity contribution in [3.05, 3.63) is 65.7 Å². The van der Waals surface area contributed by atoms with E-state index in [1.54, 1.807) is 4.90 Å². The summed E-state index contributed by atoms with van der Waals surface area (Å²) < 4.78 is 5.70. The Morgan fingerprint density at radius 2 is 1.83 bits per heavy atom. The van der Waals surface area contributed by atoms with Crippen LogP contribution in [0, 0.1) is 6.92 Å². The average molecular weight is 409 g/mol. The van der Waals surface area contributed by atoms with Gasteiger partial charge in [-0.25, -0.2) is 0 Å². The van der Waals surface area contributed by atoms with Crippen LogP contribution in [0.25, 0.3) is 0 Å². The number of hydrogen-bond donors (Lipinski definition) is 1. The third-order valence-corrected chi connectivity index (χ3v) is 5.63. The molecule has 1 aliphatic carbocycles. The SMILES string of the molecule is CC[C@@H](C(=O)NC1CCCC1)N(Cc1cccc(C)c1)C(=O)COc1ccccc1. The Hall–Kier alpha value is -2.82. The molecule has 5 nitrogen and oxygen atoms in total. The molecule has 0 bridgehead atoms. The number of aryl methyl sites for hydroxylation is 1. The van der Waals surface area contributed by atoms with E-state index in [9.17, 15) is 9.59 Å². The average Bonchev–Trinajstić information content (AvgIpc) is 3.25. The standard InChI is InChI=1S/C25H32N2O3/c1-3-23(25(29)26-21-12-7-8-13-21)27(17-20-11-9-10-19(2)16-20)24(28)18-30-22-14-5-4-6-15-22/h4-6,9-11,14-16,21,23H,3,7-8,12-13,17-18H2,1-2H3,(H,26,29)/t23-/m0/s1. The molecule has 0 saturated heterocycles. The zero-order chi connectivity index (χ0) is 21.3. The molecule has 3 rings (SSSR count). The summed E-state index contributed by atoms with van der Waals surface area (Å²) in [5.41, 5.74) is 2.14. The van der Waals surface area contributed by atoms with Crippen LogP contribution in [0.2, 0.25) is 0 Å². The van der Waals surface area contributed by atoms with Gasteiger partial charge in [-0.05, 0) is 43.9 Å². The first-order valence-electron chi connectivity index (χ1n) is 10.9. The Bertz CT molecular complexity index is 831. The van der Waals surface area contributed by atoms with Gasteiger partial charge in [0.2, 0.25) is 5.91 Å². The number of carbonyl (C=O) groups excluding carboxylic acids is 2. The van der Waals surface area contributed by atoms with Gasteiger partial charge in [0, 0.05) is 12.6 Å². The molecule has 30 heavy (non-hydrogen) atoms. The number of amides is 2. The van der Waals surface area contributed by atoms with Crippen LogP contribution in [-0.2, 0) is 16.1 Å². The molecule has 0 aliphatic heterocycles. The highest BCUT2D eigenvalue weighted by Crippen LogP contribution is 2.20. The normalized spacial score (nSPS) is 14.9. The van der Waals surface area contributed by atoms with E-state index in [0.29, 0.717) is 18.7 Å². The van der Waals surface area contributed by atoms with E-state index in [1.807, 2.05) is 62.4 Å². The van der Waals surface area contributed by atoms with Crippen molar-refractivity contribution in [2.24, 2.45) is 0 Å². The first kappa shape index (κ1) is 21.9. The first-order valence-corrected chi connectivity index (χ1v) is 10.9. The fourth-order valence-electron chi connectivity index (χ4n) is 4.04. The van der Waals surface area contributed by atoms with Crippen LogP contribution in [0.4, 0.5) is 0 Å². The maximum Gasteiger partial charge on any atom is 0.261 e. The second-order valence-corrected chi connectivity index (χ2v) is 8.03. The topological polar surface area (TPSA) is 58.6 Å². The van der Waals surface area contributed by atoms with Crippen molar-refractivity contribution in [1.29, 1.82) is 0 Å². The van der Waals surface area contributed by atoms with Gasteiger partial charge in [-0.3, -0.25) is 9.59 Å². The van der Waals surface area contributed by atoms with Gasteiger partial charge in [0.05, 0.1) is 0 Å². The van der Waals surface area contributed by atoms with E-state index >= 15 is 0 Å². The summed E-state index contributed by atoms with van der Waals surface area (Å²) in [5, 5.41) is 3.16. The lowest BCUT2D eigenvalue weighted by Crippen LogP contribution is -2.52. The van der Waals surface area contributed by atoms with Crippen molar-refractivity contribution in [3.63, 3.8) is 0 Å². The minimum Gasteiger partial charge on any atom is -0.484 e. The van der Waals surface area contributed by atoms with Crippen LogP contribution < -0.4 is 10.1 Å². The van der Waals surface area contributed by atoms with Gasteiger partial charge >= 0.3 is 0 Å². The second kappa shape index (κ2) is 10.8. The van der Waals surface area contributed by atoms with Crippen molar-refractivity contribution in [2.45, 2.75) is 64.6 Å². The fourth-order valence-corrected chi connectivity index (χ4v) is 4.04. The van der Waals surface area contributed by atoms with Crippen molar-refractivity contribution in [2.75, 3.05) is 6.61 Å². The summed E-state index contributed by atoms with van der Waals surface area (Å²) >= 11 is 0. The van der Waals surface area contributed by atoms with Crippen LogP contribution >= 0.6 is 0 Å². The molecule has 1 N–H and O–H groups in total. The van der Waals surface area contributed by atoms with Gasteiger partial charge < -0.3 is 15.0 Å². The van der Waals surface area contributed by atoms with E-state index in [2.05, 4.69) is 11.4 Å². The van der Waals surface area contributed by atoms with Gasteiger partial charge in [0.15, 0.2) is 6.61 Å². The van der Waals surface area contributed by atoms with Crippen LogP contribution in [0.3, 0.4) is 0 Å². The molecule has 0 heterocycles. The summed E-state index contributed by atoms with van der Waals surface area (Å²) in [5.74, 6) is 0.392. The number of benzene rings is 2. The maximum absolute atomic E-state index is 13.2. The molecule has 5 heteroatoms. The molecular weight excluding hydrogens is 376 g/mol. The van der Waals surface area contributed by atoms with Gasteiger partial charge in [-0.15, -0.1) is 0 Å². The van der Waals surface area contributed by atoms with E-state index in [0.717, 1.165) is 36.8 Å².